The van der Waals surface area contributed by atoms with Gasteiger partial charge in [0.15, 0.2) is 0 Å². The number of aryl methyl sites for hydroxylation is 2. The van der Waals surface area contributed by atoms with Gasteiger partial charge >= 0.3 is 0 Å². The Hall–Kier alpha value is -1.44. The molecule has 0 spiro atoms. The van der Waals surface area contributed by atoms with Gasteiger partial charge in [-0.25, -0.2) is 13.1 Å². The van der Waals surface area contributed by atoms with Crippen LogP contribution in [0.25, 0.3) is 0 Å². The number of nitrogens with zero attached hydrogens (tertiary/aromatic N) is 1. The molecule has 1 aromatic carbocycles. The molecule has 1 N–H and O–H groups in total. The largest absolute Gasteiger partial charge is 0.314 e. The molecule has 0 saturated carbocycles. The van der Waals surface area contributed by atoms with E-state index in [0.717, 1.165) is 16.5 Å². The molecule has 1 aromatic heterocycles. The molecule has 1 heterocycles. The van der Waals surface area contributed by atoms with Crippen LogP contribution in [-0.4, -0.2) is 19.5 Å². The zero-order chi connectivity index (χ0) is 17.6. The van der Waals surface area contributed by atoms with Gasteiger partial charge in [0.05, 0.1) is 4.90 Å². The highest BCUT2D eigenvalue weighted by atomic mass is 79.9. The van der Waals surface area contributed by atoms with Crippen LogP contribution >= 0.6 is 15.9 Å². The second-order valence-electron chi connectivity index (χ2n) is 5.48. The zero-order valence-electron chi connectivity index (χ0n) is 13.5. The van der Waals surface area contributed by atoms with Gasteiger partial charge in [0.2, 0.25) is 10.0 Å². The first kappa shape index (κ1) is 18.9. The van der Waals surface area contributed by atoms with Gasteiger partial charge in [0.1, 0.15) is 0 Å². The molecule has 130 valence electrons. The summed E-state index contributed by atoms with van der Waals surface area (Å²) in [5.41, 5.74) is 1.04. The third-order valence-corrected chi connectivity index (χ3v) is 5.65. The Morgan fingerprint density at radius 3 is 2.46 bits per heavy atom. The number of benzene rings is 1. The zero-order valence-corrected chi connectivity index (χ0v) is 15.9. The van der Waals surface area contributed by atoms with Gasteiger partial charge in [-0.05, 0) is 59.0 Å². The van der Waals surface area contributed by atoms with Crippen LogP contribution in [0.3, 0.4) is 0 Å². The predicted molar refractivity (Wildman–Crippen MR) is 98.6 cm³/mol. The number of hydrogen-bond donors (Lipinski definition) is 1. The van der Waals surface area contributed by atoms with E-state index in [9.17, 15) is 13.2 Å². The van der Waals surface area contributed by atoms with Crippen LogP contribution in [0.5, 0.6) is 0 Å². The molecule has 2 aromatic rings. The van der Waals surface area contributed by atoms with Gasteiger partial charge < -0.3 is 4.57 Å². The van der Waals surface area contributed by atoms with E-state index >= 15 is 0 Å². The van der Waals surface area contributed by atoms with Gasteiger partial charge in [-0.2, -0.15) is 0 Å². The first-order valence-electron chi connectivity index (χ1n) is 7.87. The van der Waals surface area contributed by atoms with Crippen molar-refractivity contribution in [3.63, 3.8) is 0 Å². The van der Waals surface area contributed by atoms with Crippen molar-refractivity contribution in [2.24, 2.45) is 0 Å². The fraction of sp³-hybridized carbons (Fsp3) is 0.353. The molecule has 0 unspecified atom stereocenters. The molecule has 0 aliphatic heterocycles. The molecule has 0 radical (unpaired) electrons. The molecule has 0 saturated heterocycles. The third kappa shape index (κ3) is 5.29. The lowest BCUT2D eigenvalue weighted by molar-refractivity contribution is 0.561. The molecule has 0 atom stereocenters. The van der Waals surface area contributed by atoms with Crippen molar-refractivity contribution in [1.82, 2.24) is 9.29 Å². The molecule has 0 amide bonds. The average Bonchev–Trinajstić information content (AvgIpc) is 2.57. The number of halogens is 1. The summed E-state index contributed by atoms with van der Waals surface area (Å²) in [6, 6.07) is 10.1. The molecule has 0 bridgehead atoms. The van der Waals surface area contributed by atoms with Crippen molar-refractivity contribution >= 4 is 26.0 Å². The summed E-state index contributed by atoms with van der Waals surface area (Å²) in [6.45, 7) is 2.93. The summed E-state index contributed by atoms with van der Waals surface area (Å²) in [7, 11) is -3.47. The van der Waals surface area contributed by atoms with Gasteiger partial charge in [0.25, 0.3) is 5.56 Å². The van der Waals surface area contributed by atoms with Crippen molar-refractivity contribution in [3.05, 3.63) is 63.0 Å². The van der Waals surface area contributed by atoms with Crippen molar-refractivity contribution in [2.75, 3.05) is 6.54 Å². The fourth-order valence-corrected chi connectivity index (χ4v) is 3.73. The number of pyridine rings is 1. The summed E-state index contributed by atoms with van der Waals surface area (Å²) in [5, 5.41) is 0. The van der Waals surface area contributed by atoms with Crippen molar-refractivity contribution in [1.29, 1.82) is 0 Å². The molecular formula is C17H21BrN2O3S. The van der Waals surface area contributed by atoms with E-state index in [2.05, 4.69) is 20.7 Å². The monoisotopic (exact) mass is 412 g/mol. The maximum absolute atomic E-state index is 12.2. The normalized spacial score (nSPS) is 11.6. The average molecular weight is 413 g/mol. The number of rotatable bonds is 8. The minimum absolute atomic E-state index is 0.0604. The smallest absolute Gasteiger partial charge is 0.250 e. The lowest BCUT2D eigenvalue weighted by Crippen LogP contribution is -2.25. The second-order valence-corrected chi connectivity index (χ2v) is 8.16. The summed E-state index contributed by atoms with van der Waals surface area (Å²) in [5.74, 6) is 0. The number of hydrogen-bond acceptors (Lipinski definition) is 3. The number of aromatic nitrogens is 1. The summed E-state index contributed by atoms with van der Waals surface area (Å²) >= 11 is 3.33. The fourth-order valence-electron chi connectivity index (χ4n) is 2.28. The highest BCUT2D eigenvalue weighted by Gasteiger charge is 2.12. The quantitative estimate of drug-likeness (QED) is 0.677. The predicted octanol–water partition coefficient (Wildman–Crippen LogP) is 2.93. The van der Waals surface area contributed by atoms with Crippen LogP contribution in [0, 0.1) is 0 Å². The van der Waals surface area contributed by atoms with E-state index < -0.39 is 10.0 Å². The van der Waals surface area contributed by atoms with Gasteiger partial charge in [-0.3, -0.25) is 4.79 Å². The van der Waals surface area contributed by atoms with E-state index in [1.54, 1.807) is 29.0 Å². The second kappa shape index (κ2) is 8.60. The summed E-state index contributed by atoms with van der Waals surface area (Å²) in [4.78, 5) is 11.9. The van der Waals surface area contributed by atoms with E-state index in [1.165, 1.54) is 6.07 Å². The van der Waals surface area contributed by atoms with Crippen LogP contribution in [0.2, 0.25) is 0 Å². The van der Waals surface area contributed by atoms with E-state index in [4.69, 9.17) is 0 Å². The van der Waals surface area contributed by atoms with Gasteiger partial charge in [-0.1, -0.05) is 19.1 Å². The van der Waals surface area contributed by atoms with Crippen LogP contribution < -0.4 is 10.3 Å². The Morgan fingerprint density at radius 1 is 1.08 bits per heavy atom. The van der Waals surface area contributed by atoms with E-state index in [-0.39, 0.29) is 10.5 Å². The molecule has 0 fully saturated rings. The van der Waals surface area contributed by atoms with Crippen molar-refractivity contribution in [3.8, 4) is 0 Å². The molecule has 0 aliphatic carbocycles. The van der Waals surface area contributed by atoms with Gasteiger partial charge in [-0.15, -0.1) is 0 Å². The number of sulfonamides is 1. The number of unbranched alkanes of at least 4 members (excludes halogenated alkanes) is 1. The number of nitrogens with one attached hydrogen (secondary N) is 1. The van der Waals surface area contributed by atoms with Crippen molar-refractivity contribution < 1.29 is 8.42 Å². The van der Waals surface area contributed by atoms with Crippen molar-refractivity contribution in [2.45, 2.75) is 37.6 Å². The summed E-state index contributed by atoms with van der Waals surface area (Å²) in [6.07, 6.45) is 3.99. The molecule has 24 heavy (non-hydrogen) atoms. The molecule has 2 rings (SSSR count). The Morgan fingerprint density at radius 2 is 1.79 bits per heavy atom. The van der Waals surface area contributed by atoms with Crippen LogP contribution in [0.4, 0.5) is 0 Å². The summed E-state index contributed by atoms with van der Waals surface area (Å²) < 4.78 is 29.4. The standard InChI is InChI=1S/C17H21BrN2O3S/c1-2-14-5-8-16(9-6-14)24(22,23)19-11-3-4-12-20-13-15(18)7-10-17(20)21/h5-10,13,19H,2-4,11-12H2,1H3. The molecule has 5 nitrogen and oxygen atoms in total. The lowest BCUT2D eigenvalue weighted by Gasteiger charge is -2.08. The molecule has 0 aliphatic rings. The lowest BCUT2D eigenvalue weighted by atomic mass is 10.2. The highest BCUT2D eigenvalue weighted by molar-refractivity contribution is 9.10. The van der Waals surface area contributed by atoms with Gasteiger partial charge in [0, 0.05) is 29.8 Å². The topological polar surface area (TPSA) is 68.2 Å². The first-order valence-corrected chi connectivity index (χ1v) is 10.1. The molecular weight excluding hydrogens is 392 g/mol. The highest BCUT2D eigenvalue weighted by Crippen LogP contribution is 2.11. The van der Waals surface area contributed by atoms with Crippen LogP contribution in [0.15, 0.2) is 56.8 Å². The van der Waals surface area contributed by atoms with Crippen LogP contribution in [-0.2, 0) is 23.0 Å². The Kier molecular flexibility index (Phi) is 6.77. The third-order valence-electron chi connectivity index (χ3n) is 3.71. The van der Waals surface area contributed by atoms with Crippen LogP contribution in [0.1, 0.15) is 25.3 Å². The SMILES string of the molecule is CCc1ccc(S(=O)(=O)NCCCCn2cc(Br)ccc2=O)cc1. The van der Waals surface area contributed by atoms with E-state index in [1.807, 2.05) is 19.1 Å². The Bertz CT molecular complexity index is 830. The minimum Gasteiger partial charge on any atom is -0.314 e. The Balaban J connectivity index is 1.82. The Labute approximate surface area is 150 Å². The maximum Gasteiger partial charge on any atom is 0.250 e. The minimum atomic E-state index is -3.47. The maximum atomic E-state index is 12.2. The molecule has 7 heteroatoms. The first-order chi connectivity index (χ1) is 11.4. The van der Waals surface area contributed by atoms with E-state index in [0.29, 0.717) is 25.9 Å².